The van der Waals surface area contributed by atoms with E-state index in [2.05, 4.69) is 10.3 Å². The number of pyridine rings is 1. The standard InChI is InChI=1S/C13H18N2O3/c1-10(11-6-8-14-9-7-11)15-12(16)4-2-3-5-13(17)18/h6-10H,2-5H2,1H3,(H,15,16)(H,17,18)/t10-/m1/s1. The van der Waals surface area contributed by atoms with Crippen LogP contribution in [-0.2, 0) is 9.59 Å². The van der Waals surface area contributed by atoms with Crippen LogP contribution in [0.15, 0.2) is 24.5 Å². The van der Waals surface area contributed by atoms with Gasteiger partial charge in [0.25, 0.3) is 0 Å². The van der Waals surface area contributed by atoms with Gasteiger partial charge >= 0.3 is 5.97 Å². The van der Waals surface area contributed by atoms with Crippen LogP contribution in [0.4, 0.5) is 0 Å². The quantitative estimate of drug-likeness (QED) is 0.724. The molecule has 1 amide bonds. The van der Waals surface area contributed by atoms with Gasteiger partial charge in [0.05, 0.1) is 6.04 Å². The number of unbranched alkanes of at least 4 members (excludes halogenated alkanes) is 1. The van der Waals surface area contributed by atoms with Gasteiger partial charge in [0, 0.05) is 25.2 Å². The molecule has 1 rings (SSSR count). The van der Waals surface area contributed by atoms with Crippen molar-refractivity contribution in [2.75, 3.05) is 0 Å². The number of carboxylic acid groups (broad SMARTS) is 1. The van der Waals surface area contributed by atoms with Crippen LogP contribution in [0.1, 0.15) is 44.2 Å². The first-order valence-electron chi connectivity index (χ1n) is 6.00. The molecule has 1 atom stereocenters. The van der Waals surface area contributed by atoms with Crippen molar-refractivity contribution in [3.05, 3.63) is 30.1 Å². The lowest BCUT2D eigenvalue weighted by Crippen LogP contribution is -2.26. The van der Waals surface area contributed by atoms with Gasteiger partial charge in [0.2, 0.25) is 5.91 Å². The van der Waals surface area contributed by atoms with Crippen LogP contribution in [0.25, 0.3) is 0 Å². The molecule has 0 radical (unpaired) electrons. The third-order valence-electron chi connectivity index (χ3n) is 2.63. The minimum Gasteiger partial charge on any atom is -0.481 e. The number of rotatable bonds is 7. The molecule has 0 fully saturated rings. The highest BCUT2D eigenvalue weighted by Crippen LogP contribution is 2.10. The number of aliphatic carboxylic acids is 1. The molecule has 2 N–H and O–H groups in total. The first kappa shape index (κ1) is 14.2. The van der Waals surface area contributed by atoms with Crippen molar-refractivity contribution in [1.82, 2.24) is 10.3 Å². The van der Waals surface area contributed by atoms with Crippen LogP contribution < -0.4 is 5.32 Å². The number of carboxylic acids is 1. The van der Waals surface area contributed by atoms with Crippen LogP contribution in [-0.4, -0.2) is 22.0 Å². The van der Waals surface area contributed by atoms with E-state index in [-0.39, 0.29) is 18.4 Å². The van der Waals surface area contributed by atoms with Crippen LogP contribution in [0.3, 0.4) is 0 Å². The summed E-state index contributed by atoms with van der Waals surface area (Å²) in [5.74, 6) is -0.870. The molecule has 0 unspecified atom stereocenters. The first-order chi connectivity index (χ1) is 8.59. The predicted octanol–water partition coefficient (Wildman–Crippen LogP) is 1.90. The molecule has 0 aliphatic carbocycles. The fourth-order valence-corrected chi connectivity index (χ4v) is 1.61. The Bertz CT molecular complexity index is 392. The Hall–Kier alpha value is -1.91. The molecule has 1 heterocycles. The van der Waals surface area contributed by atoms with Gasteiger partial charge in [-0.3, -0.25) is 14.6 Å². The minimum absolute atomic E-state index is 0.0512. The van der Waals surface area contributed by atoms with Crippen LogP contribution in [0.2, 0.25) is 0 Å². The molecule has 98 valence electrons. The average molecular weight is 250 g/mol. The van der Waals surface area contributed by atoms with Crippen LogP contribution >= 0.6 is 0 Å². The summed E-state index contributed by atoms with van der Waals surface area (Å²) >= 11 is 0. The van der Waals surface area contributed by atoms with Crippen molar-refractivity contribution in [3.63, 3.8) is 0 Å². The first-order valence-corrected chi connectivity index (χ1v) is 6.00. The van der Waals surface area contributed by atoms with E-state index in [0.29, 0.717) is 19.3 Å². The van der Waals surface area contributed by atoms with Gasteiger partial charge < -0.3 is 10.4 Å². The van der Waals surface area contributed by atoms with Gasteiger partial charge in [-0.2, -0.15) is 0 Å². The van der Waals surface area contributed by atoms with Crippen molar-refractivity contribution in [2.45, 2.75) is 38.6 Å². The SMILES string of the molecule is C[C@@H](NC(=O)CCCCC(=O)O)c1ccncc1. The fourth-order valence-electron chi connectivity index (χ4n) is 1.61. The van der Waals surface area contributed by atoms with Gasteiger partial charge in [-0.05, 0) is 37.5 Å². The number of hydrogen-bond acceptors (Lipinski definition) is 3. The summed E-state index contributed by atoms with van der Waals surface area (Å²) in [6.45, 7) is 1.91. The molecule has 0 aromatic carbocycles. The van der Waals surface area contributed by atoms with E-state index in [9.17, 15) is 9.59 Å². The maximum atomic E-state index is 11.6. The second-order valence-electron chi connectivity index (χ2n) is 4.17. The summed E-state index contributed by atoms with van der Waals surface area (Å²) in [5.41, 5.74) is 1.00. The number of aromatic nitrogens is 1. The van der Waals surface area contributed by atoms with Crippen LogP contribution in [0, 0.1) is 0 Å². The zero-order valence-corrected chi connectivity index (χ0v) is 10.4. The average Bonchev–Trinajstić information content (AvgIpc) is 2.35. The van der Waals surface area contributed by atoms with Crippen molar-refractivity contribution in [2.24, 2.45) is 0 Å². The van der Waals surface area contributed by atoms with E-state index in [1.807, 2.05) is 19.1 Å². The molecule has 0 spiro atoms. The zero-order valence-electron chi connectivity index (χ0n) is 10.4. The molecule has 0 bridgehead atoms. The van der Waals surface area contributed by atoms with E-state index in [4.69, 9.17) is 5.11 Å². The van der Waals surface area contributed by atoms with Crippen molar-refractivity contribution >= 4 is 11.9 Å². The summed E-state index contributed by atoms with van der Waals surface area (Å²) in [7, 11) is 0. The number of amides is 1. The second-order valence-corrected chi connectivity index (χ2v) is 4.17. The highest BCUT2D eigenvalue weighted by molar-refractivity contribution is 5.76. The van der Waals surface area contributed by atoms with Crippen molar-refractivity contribution in [1.29, 1.82) is 0 Å². The Morgan fingerprint density at radius 1 is 1.28 bits per heavy atom. The predicted molar refractivity (Wildman–Crippen MR) is 66.9 cm³/mol. The van der Waals surface area contributed by atoms with E-state index in [0.717, 1.165) is 5.56 Å². The largest absolute Gasteiger partial charge is 0.481 e. The van der Waals surface area contributed by atoms with Gasteiger partial charge in [0.1, 0.15) is 0 Å². The molecular formula is C13H18N2O3. The molecule has 5 heteroatoms. The highest BCUT2D eigenvalue weighted by atomic mass is 16.4. The number of carbonyl (C=O) groups excluding carboxylic acids is 1. The summed E-state index contributed by atoms with van der Waals surface area (Å²) in [6, 6.07) is 3.66. The molecule has 0 aliphatic rings. The number of nitrogens with one attached hydrogen (secondary N) is 1. The summed E-state index contributed by atoms with van der Waals surface area (Å²) in [6.07, 6.45) is 4.99. The number of carbonyl (C=O) groups is 2. The molecule has 0 saturated carbocycles. The molecule has 5 nitrogen and oxygen atoms in total. The van der Waals surface area contributed by atoms with Crippen LogP contribution in [0.5, 0.6) is 0 Å². The summed E-state index contributed by atoms with van der Waals surface area (Å²) in [4.78, 5) is 25.8. The normalized spacial score (nSPS) is 11.8. The lowest BCUT2D eigenvalue weighted by molar-refractivity contribution is -0.137. The highest BCUT2D eigenvalue weighted by Gasteiger charge is 2.09. The van der Waals surface area contributed by atoms with Gasteiger partial charge in [-0.25, -0.2) is 0 Å². The zero-order chi connectivity index (χ0) is 13.4. The smallest absolute Gasteiger partial charge is 0.303 e. The molecule has 1 aromatic heterocycles. The van der Waals surface area contributed by atoms with E-state index < -0.39 is 5.97 Å². The summed E-state index contributed by atoms with van der Waals surface area (Å²) in [5, 5.41) is 11.3. The third kappa shape index (κ3) is 5.43. The molecule has 18 heavy (non-hydrogen) atoms. The fraction of sp³-hybridized carbons (Fsp3) is 0.462. The number of nitrogens with zero attached hydrogens (tertiary/aromatic N) is 1. The maximum Gasteiger partial charge on any atom is 0.303 e. The Morgan fingerprint density at radius 2 is 1.89 bits per heavy atom. The van der Waals surface area contributed by atoms with Crippen molar-refractivity contribution in [3.8, 4) is 0 Å². The maximum absolute atomic E-state index is 11.6. The number of hydrogen-bond donors (Lipinski definition) is 2. The Balaban J connectivity index is 2.26. The summed E-state index contributed by atoms with van der Waals surface area (Å²) < 4.78 is 0. The van der Waals surface area contributed by atoms with E-state index in [1.165, 1.54) is 0 Å². The van der Waals surface area contributed by atoms with Gasteiger partial charge in [-0.1, -0.05) is 0 Å². The topological polar surface area (TPSA) is 79.3 Å². The molecule has 1 aromatic rings. The Kier molecular flexibility index (Phi) is 5.84. The third-order valence-corrected chi connectivity index (χ3v) is 2.63. The molecule has 0 saturated heterocycles. The van der Waals surface area contributed by atoms with Crippen molar-refractivity contribution < 1.29 is 14.7 Å². The second kappa shape index (κ2) is 7.42. The van der Waals surface area contributed by atoms with E-state index >= 15 is 0 Å². The van der Waals surface area contributed by atoms with E-state index in [1.54, 1.807) is 12.4 Å². The van der Waals surface area contributed by atoms with Gasteiger partial charge in [-0.15, -0.1) is 0 Å². The van der Waals surface area contributed by atoms with Gasteiger partial charge in [0.15, 0.2) is 0 Å². The molecule has 0 aliphatic heterocycles. The minimum atomic E-state index is -0.819. The Labute approximate surface area is 106 Å². The lowest BCUT2D eigenvalue weighted by Gasteiger charge is -2.13. The Morgan fingerprint density at radius 3 is 2.50 bits per heavy atom. The lowest BCUT2D eigenvalue weighted by atomic mass is 10.1. The monoisotopic (exact) mass is 250 g/mol. The molecular weight excluding hydrogens is 232 g/mol.